The van der Waals surface area contributed by atoms with Gasteiger partial charge in [-0.1, -0.05) is 0 Å². The van der Waals surface area contributed by atoms with Gasteiger partial charge in [0.25, 0.3) is 5.91 Å². The lowest BCUT2D eigenvalue weighted by atomic mass is 10.1. The smallest absolute Gasteiger partial charge is 0.260 e. The van der Waals surface area contributed by atoms with Crippen molar-refractivity contribution in [1.82, 2.24) is 24.6 Å². The van der Waals surface area contributed by atoms with Crippen molar-refractivity contribution >= 4 is 5.91 Å². The largest absolute Gasteiger partial charge is 0.497 e. The Morgan fingerprint density at radius 2 is 1.93 bits per heavy atom. The maximum Gasteiger partial charge on any atom is 0.260 e. The fraction of sp³-hybridized carbons (Fsp3) is 0.333. The SMILES string of the molecule is COc1ccc(OCC(=O)N2CCc3c(c(COc4cnccn4)nn3C)C2)cc1. The molecule has 0 saturated carbocycles. The molecule has 9 heteroatoms. The molecule has 30 heavy (non-hydrogen) atoms. The van der Waals surface area contributed by atoms with Crippen LogP contribution in [0.15, 0.2) is 42.9 Å². The zero-order valence-corrected chi connectivity index (χ0v) is 16.9. The predicted molar refractivity (Wildman–Crippen MR) is 107 cm³/mol. The summed E-state index contributed by atoms with van der Waals surface area (Å²) in [5.74, 6) is 1.74. The fourth-order valence-corrected chi connectivity index (χ4v) is 3.41. The van der Waals surface area contributed by atoms with Gasteiger partial charge in [-0.2, -0.15) is 5.10 Å². The second-order valence-corrected chi connectivity index (χ2v) is 6.86. The van der Waals surface area contributed by atoms with Crippen LogP contribution in [0.2, 0.25) is 0 Å². The van der Waals surface area contributed by atoms with Crippen LogP contribution < -0.4 is 14.2 Å². The number of methoxy groups -OCH3 is 1. The number of aromatic nitrogens is 4. The summed E-state index contributed by atoms with van der Waals surface area (Å²) >= 11 is 0. The summed E-state index contributed by atoms with van der Waals surface area (Å²) in [6, 6.07) is 7.16. The van der Waals surface area contributed by atoms with E-state index in [4.69, 9.17) is 14.2 Å². The Hall–Kier alpha value is -3.62. The molecule has 9 nitrogen and oxygen atoms in total. The molecule has 0 fully saturated rings. The van der Waals surface area contributed by atoms with Crippen LogP contribution in [-0.4, -0.2) is 50.8 Å². The van der Waals surface area contributed by atoms with Crippen LogP contribution in [0.4, 0.5) is 0 Å². The maximum atomic E-state index is 12.7. The Morgan fingerprint density at radius 3 is 2.67 bits per heavy atom. The molecule has 2 aromatic heterocycles. The highest BCUT2D eigenvalue weighted by Crippen LogP contribution is 2.24. The van der Waals surface area contributed by atoms with Crippen molar-refractivity contribution in [1.29, 1.82) is 0 Å². The molecule has 1 aliphatic heterocycles. The highest BCUT2D eigenvalue weighted by atomic mass is 16.5. The number of nitrogens with zero attached hydrogens (tertiary/aromatic N) is 5. The highest BCUT2D eigenvalue weighted by molar-refractivity contribution is 5.78. The summed E-state index contributed by atoms with van der Waals surface area (Å²) in [5.41, 5.74) is 2.94. The van der Waals surface area contributed by atoms with E-state index in [1.54, 1.807) is 54.9 Å². The summed E-state index contributed by atoms with van der Waals surface area (Å²) in [6.07, 6.45) is 5.46. The quantitative estimate of drug-likeness (QED) is 0.587. The van der Waals surface area contributed by atoms with E-state index in [1.807, 2.05) is 11.7 Å². The van der Waals surface area contributed by atoms with Crippen molar-refractivity contribution < 1.29 is 19.0 Å². The van der Waals surface area contributed by atoms with Gasteiger partial charge < -0.3 is 19.1 Å². The third kappa shape index (κ3) is 4.35. The van der Waals surface area contributed by atoms with Gasteiger partial charge in [-0.15, -0.1) is 0 Å². The molecule has 0 bridgehead atoms. The lowest BCUT2D eigenvalue weighted by molar-refractivity contribution is -0.134. The Bertz CT molecular complexity index is 1000. The van der Waals surface area contributed by atoms with E-state index in [2.05, 4.69) is 15.1 Å². The van der Waals surface area contributed by atoms with Gasteiger partial charge in [0.05, 0.1) is 13.3 Å². The Kier molecular flexibility index (Phi) is 5.78. The van der Waals surface area contributed by atoms with Crippen molar-refractivity contribution in [3.05, 3.63) is 59.8 Å². The molecule has 3 heterocycles. The summed E-state index contributed by atoms with van der Waals surface area (Å²) in [6.45, 7) is 1.36. The third-order valence-electron chi connectivity index (χ3n) is 5.00. The third-order valence-corrected chi connectivity index (χ3v) is 5.00. The number of ether oxygens (including phenoxy) is 3. The van der Waals surface area contributed by atoms with Gasteiger partial charge in [0.15, 0.2) is 6.61 Å². The van der Waals surface area contributed by atoms with E-state index >= 15 is 0 Å². The summed E-state index contributed by atoms with van der Waals surface area (Å²) in [7, 11) is 3.52. The molecule has 0 radical (unpaired) electrons. The minimum absolute atomic E-state index is 0.0205. The van der Waals surface area contributed by atoms with Gasteiger partial charge in [0.2, 0.25) is 5.88 Å². The standard InChI is InChI=1S/C21H23N5O4/c1-25-19-7-10-26(21(27)14-29-16-5-3-15(28-2)4-6-16)12-17(19)18(24-25)13-30-20-11-22-8-9-23-20/h3-6,8-9,11H,7,10,12-14H2,1-2H3. The molecule has 1 aliphatic rings. The Balaban J connectivity index is 1.38. The van der Waals surface area contributed by atoms with Crippen LogP contribution in [-0.2, 0) is 31.4 Å². The zero-order chi connectivity index (χ0) is 20.9. The van der Waals surface area contributed by atoms with Crippen molar-refractivity contribution in [2.45, 2.75) is 19.6 Å². The van der Waals surface area contributed by atoms with E-state index in [0.29, 0.717) is 24.7 Å². The number of carbonyl (C=O) groups excluding carboxylic acids is 1. The molecule has 0 N–H and O–H groups in total. The summed E-state index contributed by atoms with van der Waals surface area (Å²) in [5, 5.41) is 4.57. The number of amides is 1. The first kappa shape index (κ1) is 19.7. The monoisotopic (exact) mass is 409 g/mol. The van der Waals surface area contributed by atoms with Crippen LogP contribution in [0, 0.1) is 0 Å². The van der Waals surface area contributed by atoms with Crippen molar-refractivity contribution in [3.8, 4) is 17.4 Å². The first-order valence-electron chi connectivity index (χ1n) is 9.61. The molecule has 0 saturated heterocycles. The zero-order valence-electron chi connectivity index (χ0n) is 16.9. The van der Waals surface area contributed by atoms with Crippen LogP contribution in [0.25, 0.3) is 0 Å². The van der Waals surface area contributed by atoms with Crippen molar-refractivity contribution in [2.24, 2.45) is 7.05 Å². The van der Waals surface area contributed by atoms with Gasteiger partial charge in [0, 0.05) is 50.2 Å². The van der Waals surface area contributed by atoms with Crippen molar-refractivity contribution in [2.75, 3.05) is 20.3 Å². The Morgan fingerprint density at radius 1 is 1.13 bits per heavy atom. The molecule has 0 atom stereocenters. The molecule has 0 spiro atoms. The van der Waals surface area contributed by atoms with Gasteiger partial charge >= 0.3 is 0 Å². The predicted octanol–water partition coefficient (Wildman–Crippen LogP) is 1.76. The van der Waals surface area contributed by atoms with E-state index < -0.39 is 0 Å². The number of benzene rings is 1. The Labute approximate surface area is 174 Å². The van der Waals surface area contributed by atoms with Gasteiger partial charge in [-0.05, 0) is 24.3 Å². The van der Waals surface area contributed by atoms with E-state index in [1.165, 1.54) is 0 Å². The molecule has 0 unspecified atom stereocenters. The molecule has 3 aromatic rings. The number of aryl methyl sites for hydroxylation is 1. The number of fused-ring (bicyclic) bond motifs is 1. The summed E-state index contributed by atoms with van der Waals surface area (Å²) < 4.78 is 18.3. The average molecular weight is 409 g/mol. The van der Waals surface area contributed by atoms with E-state index in [9.17, 15) is 4.79 Å². The minimum Gasteiger partial charge on any atom is -0.497 e. The lowest BCUT2D eigenvalue weighted by Crippen LogP contribution is -2.39. The van der Waals surface area contributed by atoms with Gasteiger partial charge in [0.1, 0.15) is 23.8 Å². The van der Waals surface area contributed by atoms with Crippen LogP contribution >= 0.6 is 0 Å². The first-order chi connectivity index (χ1) is 14.6. The summed E-state index contributed by atoms with van der Waals surface area (Å²) in [4.78, 5) is 22.6. The number of rotatable bonds is 7. The maximum absolute atomic E-state index is 12.7. The van der Waals surface area contributed by atoms with Crippen LogP contribution in [0.3, 0.4) is 0 Å². The molecule has 1 aromatic carbocycles. The highest BCUT2D eigenvalue weighted by Gasteiger charge is 2.27. The number of hydrogen-bond donors (Lipinski definition) is 0. The van der Waals surface area contributed by atoms with Crippen LogP contribution in [0.1, 0.15) is 17.0 Å². The fourth-order valence-electron chi connectivity index (χ4n) is 3.41. The second-order valence-electron chi connectivity index (χ2n) is 6.86. The minimum atomic E-state index is -0.0684. The number of hydrogen-bond acceptors (Lipinski definition) is 7. The molecule has 4 rings (SSSR count). The van der Waals surface area contributed by atoms with E-state index in [0.717, 1.165) is 29.1 Å². The molecular weight excluding hydrogens is 386 g/mol. The molecular formula is C21H23N5O4. The lowest BCUT2D eigenvalue weighted by Gasteiger charge is -2.27. The topological polar surface area (TPSA) is 91.6 Å². The van der Waals surface area contributed by atoms with Gasteiger partial charge in [-0.25, -0.2) is 4.98 Å². The average Bonchev–Trinajstić information content (AvgIpc) is 3.12. The first-order valence-corrected chi connectivity index (χ1v) is 9.61. The molecule has 0 aliphatic carbocycles. The molecule has 1 amide bonds. The van der Waals surface area contributed by atoms with Crippen LogP contribution in [0.5, 0.6) is 17.4 Å². The molecule has 156 valence electrons. The van der Waals surface area contributed by atoms with Gasteiger partial charge in [-0.3, -0.25) is 14.5 Å². The number of carbonyl (C=O) groups is 1. The van der Waals surface area contributed by atoms with E-state index in [-0.39, 0.29) is 19.1 Å². The second kappa shape index (κ2) is 8.81. The normalized spacial score (nSPS) is 12.9. The van der Waals surface area contributed by atoms with Crippen molar-refractivity contribution in [3.63, 3.8) is 0 Å².